The zero-order valence-electron chi connectivity index (χ0n) is 29.5. The molecule has 11 rings (SSSR count). The smallest absolute Gasteiger partial charge is 0.130 e. The number of rotatable bonds is 4. The normalized spacial score (nSPS) is 23.3. The van der Waals surface area contributed by atoms with Crippen LogP contribution in [0, 0.1) is 0 Å². The predicted molar refractivity (Wildman–Crippen MR) is 219 cm³/mol. The summed E-state index contributed by atoms with van der Waals surface area (Å²) in [5.74, 6) is 0.434. The standard InChI is InChI=1S/C49H40N4/c1-3-17-34(18-4-1)51-44-28-13-10-25-41(44)47-46(51)31-30-40-38-23-8-7-22-37(38)39-24-9-12-27-43(39)52(48(40)47)36-21-15-16-33(32-36)49-50-42-26-11-14-29-45(42)53(49)35-19-5-2-6-20-35/h1-8,10-23,25-32,40,46-50H,9,24H2/t40?,46?,47-,48?,49?/m1/s1. The van der Waals surface area contributed by atoms with Crippen molar-refractivity contribution < 1.29 is 0 Å². The van der Waals surface area contributed by atoms with Crippen molar-refractivity contribution >= 4 is 39.7 Å². The highest BCUT2D eigenvalue weighted by molar-refractivity contribution is 5.85. The SMILES string of the molecule is C1=CC2=C(CC1)c1ccccc1C1C=CC3[C@@H](c4ccccc4N3c3ccccc3)C1N2c1cccc(C2Nc3ccccc3N2c2ccccc2)c1. The minimum atomic E-state index is -0.0511. The average Bonchev–Trinajstić information content (AvgIpc) is 3.75. The summed E-state index contributed by atoms with van der Waals surface area (Å²) in [4.78, 5) is 7.78. The van der Waals surface area contributed by atoms with Gasteiger partial charge in [-0.25, -0.2) is 0 Å². The molecule has 6 aromatic carbocycles. The summed E-state index contributed by atoms with van der Waals surface area (Å²) < 4.78 is 0. The molecule has 0 saturated carbocycles. The van der Waals surface area contributed by atoms with E-state index in [1.807, 2.05) is 0 Å². The van der Waals surface area contributed by atoms with Gasteiger partial charge in [-0.15, -0.1) is 0 Å². The molecule has 0 radical (unpaired) electrons. The van der Waals surface area contributed by atoms with Crippen LogP contribution in [-0.4, -0.2) is 12.1 Å². The van der Waals surface area contributed by atoms with E-state index in [0.717, 1.165) is 18.5 Å². The van der Waals surface area contributed by atoms with E-state index in [1.165, 1.54) is 62.0 Å². The number of hydrogen-bond donors (Lipinski definition) is 1. The van der Waals surface area contributed by atoms with E-state index in [0.29, 0.717) is 0 Å². The molecule has 5 aliphatic rings. The van der Waals surface area contributed by atoms with Gasteiger partial charge in [0.2, 0.25) is 0 Å². The predicted octanol–water partition coefficient (Wildman–Crippen LogP) is 11.9. The summed E-state index contributed by atoms with van der Waals surface area (Å²) in [6, 6.07) is 58.5. The first-order chi connectivity index (χ1) is 26.3. The van der Waals surface area contributed by atoms with Crippen molar-refractivity contribution in [2.45, 2.75) is 42.9 Å². The second kappa shape index (κ2) is 12.2. The minimum absolute atomic E-state index is 0.0511. The third-order valence-electron chi connectivity index (χ3n) is 12.1. The molecule has 6 aromatic rings. The highest BCUT2D eigenvalue weighted by Crippen LogP contribution is 2.57. The van der Waals surface area contributed by atoms with Gasteiger partial charge in [0.1, 0.15) is 6.17 Å². The number of benzene rings is 6. The van der Waals surface area contributed by atoms with E-state index in [-0.39, 0.29) is 30.1 Å². The Morgan fingerprint density at radius 2 is 1.23 bits per heavy atom. The van der Waals surface area contributed by atoms with Crippen LogP contribution in [0.25, 0.3) is 5.57 Å². The molecule has 4 heteroatoms. The third-order valence-corrected chi connectivity index (χ3v) is 12.1. The van der Waals surface area contributed by atoms with E-state index >= 15 is 0 Å². The van der Waals surface area contributed by atoms with Gasteiger partial charge in [-0.3, -0.25) is 0 Å². The first-order valence-corrected chi connectivity index (χ1v) is 19.0. The van der Waals surface area contributed by atoms with Crippen molar-refractivity contribution in [1.29, 1.82) is 0 Å². The number of para-hydroxylation sites is 5. The van der Waals surface area contributed by atoms with Crippen LogP contribution < -0.4 is 20.0 Å². The first-order valence-electron chi connectivity index (χ1n) is 19.0. The number of anilines is 6. The Balaban J connectivity index is 1.11. The van der Waals surface area contributed by atoms with Crippen LogP contribution in [0.4, 0.5) is 34.1 Å². The van der Waals surface area contributed by atoms with Crippen LogP contribution >= 0.6 is 0 Å². The van der Waals surface area contributed by atoms with Crippen molar-refractivity contribution in [2.24, 2.45) is 0 Å². The number of nitrogens with zero attached hydrogens (tertiary/aromatic N) is 3. The van der Waals surface area contributed by atoms with Gasteiger partial charge >= 0.3 is 0 Å². The molecule has 0 spiro atoms. The average molecular weight is 685 g/mol. The summed E-state index contributed by atoms with van der Waals surface area (Å²) >= 11 is 0. The Labute approximate surface area is 311 Å². The maximum Gasteiger partial charge on any atom is 0.130 e. The Bertz CT molecular complexity index is 2450. The molecular weight excluding hydrogens is 645 g/mol. The van der Waals surface area contributed by atoms with E-state index < -0.39 is 0 Å². The highest BCUT2D eigenvalue weighted by Gasteiger charge is 2.51. The molecule has 0 fully saturated rings. The molecule has 3 heterocycles. The summed E-state index contributed by atoms with van der Waals surface area (Å²) in [6.45, 7) is 0. The lowest BCUT2D eigenvalue weighted by atomic mass is 9.72. The molecular formula is C49H40N4. The second-order valence-corrected chi connectivity index (χ2v) is 14.8. The Morgan fingerprint density at radius 3 is 2.06 bits per heavy atom. The maximum atomic E-state index is 3.91. The van der Waals surface area contributed by atoms with Gasteiger partial charge in [0.05, 0.1) is 23.5 Å². The molecule has 4 nitrogen and oxygen atoms in total. The topological polar surface area (TPSA) is 21.8 Å². The lowest BCUT2D eigenvalue weighted by molar-refractivity contribution is 0.443. The summed E-state index contributed by atoms with van der Waals surface area (Å²) in [7, 11) is 0. The molecule has 4 unspecified atom stereocenters. The largest absolute Gasteiger partial charge is 0.359 e. The van der Waals surface area contributed by atoms with E-state index in [2.05, 4.69) is 202 Å². The quantitative estimate of drug-likeness (QED) is 0.187. The van der Waals surface area contributed by atoms with E-state index in [4.69, 9.17) is 0 Å². The number of hydrogen-bond acceptors (Lipinski definition) is 4. The Kier molecular flexibility index (Phi) is 6.97. The van der Waals surface area contributed by atoms with Crippen LogP contribution in [0.2, 0.25) is 0 Å². The van der Waals surface area contributed by atoms with Crippen LogP contribution in [-0.2, 0) is 0 Å². The van der Waals surface area contributed by atoms with E-state index in [9.17, 15) is 0 Å². The van der Waals surface area contributed by atoms with Crippen LogP contribution in [0.3, 0.4) is 0 Å². The Hall–Kier alpha value is -6.26. The van der Waals surface area contributed by atoms with Crippen molar-refractivity contribution in [1.82, 2.24) is 0 Å². The maximum absolute atomic E-state index is 3.91. The number of nitrogens with one attached hydrogen (secondary N) is 1. The van der Waals surface area contributed by atoms with Gasteiger partial charge in [0, 0.05) is 40.3 Å². The van der Waals surface area contributed by atoms with Gasteiger partial charge < -0.3 is 20.0 Å². The van der Waals surface area contributed by atoms with Crippen molar-refractivity contribution in [3.8, 4) is 0 Å². The second-order valence-electron chi connectivity index (χ2n) is 14.8. The first kappa shape index (κ1) is 30.4. The summed E-state index contributed by atoms with van der Waals surface area (Å²) in [5.41, 5.74) is 15.6. The van der Waals surface area contributed by atoms with Crippen molar-refractivity contribution in [3.63, 3.8) is 0 Å². The molecule has 0 bridgehead atoms. The molecule has 256 valence electrons. The fourth-order valence-electron chi connectivity index (χ4n) is 9.96. The van der Waals surface area contributed by atoms with Crippen molar-refractivity contribution in [2.75, 3.05) is 20.0 Å². The third kappa shape index (κ3) is 4.68. The molecule has 0 aromatic heterocycles. The van der Waals surface area contributed by atoms with Crippen molar-refractivity contribution in [3.05, 3.63) is 210 Å². The van der Waals surface area contributed by atoms with Gasteiger partial charge in [0.25, 0.3) is 0 Å². The summed E-state index contributed by atoms with van der Waals surface area (Å²) in [5, 5.41) is 3.91. The monoisotopic (exact) mass is 684 g/mol. The van der Waals surface area contributed by atoms with Gasteiger partial charge in [-0.05, 0) is 101 Å². The molecule has 2 aliphatic carbocycles. The molecule has 0 saturated heterocycles. The van der Waals surface area contributed by atoms with Crippen LogP contribution in [0.1, 0.15) is 53.1 Å². The fraction of sp³-hybridized carbons (Fsp3) is 0.143. The van der Waals surface area contributed by atoms with Gasteiger partial charge in [0.15, 0.2) is 0 Å². The molecule has 1 N–H and O–H groups in total. The lowest BCUT2D eigenvalue weighted by Gasteiger charge is -2.46. The zero-order chi connectivity index (χ0) is 34.9. The highest BCUT2D eigenvalue weighted by atomic mass is 15.3. The van der Waals surface area contributed by atoms with Gasteiger partial charge in [-0.1, -0.05) is 121 Å². The molecule has 3 aliphatic heterocycles. The lowest BCUT2D eigenvalue weighted by Crippen LogP contribution is -2.48. The Morgan fingerprint density at radius 1 is 0.547 bits per heavy atom. The van der Waals surface area contributed by atoms with Crippen LogP contribution in [0.15, 0.2) is 188 Å². The summed E-state index contributed by atoms with van der Waals surface area (Å²) in [6.07, 6.45) is 11.9. The zero-order valence-corrected chi connectivity index (χ0v) is 29.5. The molecule has 0 amide bonds. The van der Waals surface area contributed by atoms with Gasteiger partial charge in [-0.2, -0.15) is 0 Å². The molecule has 53 heavy (non-hydrogen) atoms. The van der Waals surface area contributed by atoms with E-state index in [1.54, 1.807) is 0 Å². The van der Waals surface area contributed by atoms with Crippen LogP contribution in [0.5, 0.6) is 0 Å². The number of allylic oxidation sites excluding steroid dienone is 3. The fourth-order valence-corrected chi connectivity index (χ4v) is 9.96. The minimum Gasteiger partial charge on any atom is -0.359 e. The molecule has 5 atom stereocenters. The number of fused-ring (bicyclic) bond motifs is 9.